The topological polar surface area (TPSA) is 86.1 Å². The number of hydrogen-bond acceptors (Lipinski definition) is 7. The highest BCUT2D eigenvalue weighted by Gasteiger charge is 2.29. The third-order valence-electron chi connectivity index (χ3n) is 7.35. The molecule has 36 heavy (non-hydrogen) atoms. The maximum atomic E-state index is 9.09. The second kappa shape index (κ2) is 11.4. The van der Waals surface area contributed by atoms with Crippen LogP contribution in [0.5, 0.6) is 5.75 Å². The summed E-state index contributed by atoms with van der Waals surface area (Å²) in [7, 11) is 1.67. The summed E-state index contributed by atoms with van der Waals surface area (Å²) < 4.78 is 5.28. The molecule has 1 aliphatic heterocycles. The summed E-state index contributed by atoms with van der Waals surface area (Å²) >= 11 is 0. The molecule has 186 valence electrons. The second-order valence-electron chi connectivity index (χ2n) is 9.75. The van der Waals surface area contributed by atoms with E-state index in [-0.39, 0.29) is 0 Å². The van der Waals surface area contributed by atoms with Crippen molar-refractivity contribution >= 4 is 11.6 Å². The van der Waals surface area contributed by atoms with Crippen LogP contribution in [-0.4, -0.2) is 48.3 Å². The largest absolute Gasteiger partial charge is 0.497 e. The van der Waals surface area contributed by atoms with Crippen LogP contribution >= 0.6 is 0 Å². The minimum Gasteiger partial charge on any atom is -0.497 e. The third kappa shape index (κ3) is 5.77. The van der Waals surface area contributed by atoms with Crippen LogP contribution in [-0.2, 0) is 0 Å². The van der Waals surface area contributed by atoms with Crippen molar-refractivity contribution in [2.75, 3.05) is 30.4 Å². The number of nitrogens with one attached hydrogen (secondary N) is 2. The van der Waals surface area contributed by atoms with Crippen molar-refractivity contribution in [1.82, 2.24) is 15.3 Å². The van der Waals surface area contributed by atoms with Gasteiger partial charge in [0.25, 0.3) is 0 Å². The molecule has 3 aromatic rings. The molecule has 3 atom stereocenters. The third-order valence-corrected chi connectivity index (χ3v) is 7.35. The van der Waals surface area contributed by atoms with Crippen LogP contribution < -0.4 is 20.3 Å². The molecule has 2 fully saturated rings. The van der Waals surface area contributed by atoms with Gasteiger partial charge in [-0.25, -0.2) is 9.97 Å². The maximum Gasteiger partial charge on any atom is 0.223 e. The number of nitrogens with zero attached hydrogens (tertiary/aromatic N) is 4. The Balaban J connectivity index is 1.23. The normalized spacial score (nSPS) is 22.0. The highest BCUT2D eigenvalue weighted by atomic mass is 16.5. The molecule has 0 amide bonds. The molecule has 0 spiro atoms. The summed E-state index contributed by atoms with van der Waals surface area (Å²) in [6.07, 6.45) is 8.90. The lowest BCUT2D eigenvalue weighted by Gasteiger charge is -2.40. The van der Waals surface area contributed by atoms with Gasteiger partial charge in [0.15, 0.2) is 0 Å². The van der Waals surface area contributed by atoms with Crippen molar-refractivity contribution in [3.05, 3.63) is 66.4 Å². The predicted molar refractivity (Wildman–Crippen MR) is 143 cm³/mol. The molecule has 1 saturated carbocycles. The molecule has 5 rings (SSSR count). The minimum absolute atomic E-state index is 0.301. The maximum absolute atomic E-state index is 9.09. The number of anilines is 2. The molecule has 0 unspecified atom stereocenters. The van der Waals surface area contributed by atoms with E-state index in [1.165, 1.54) is 24.9 Å². The highest BCUT2D eigenvalue weighted by molar-refractivity contribution is 5.61. The molecule has 1 aliphatic carbocycles. The van der Waals surface area contributed by atoms with E-state index >= 15 is 0 Å². The van der Waals surface area contributed by atoms with E-state index < -0.39 is 0 Å². The van der Waals surface area contributed by atoms with Crippen molar-refractivity contribution in [1.29, 1.82) is 5.26 Å². The average molecular weight is 483 g/mol. The van der Waals surface area contributed by atoms with Crippen LogP contribution in [0.15, 0.2) is 60.8 Å². The number of ether oxygens (including phenoxy) is 1. The zero-order valence-electron chi connectivity index (χ0n) is 20.9. The van der Waals surface area contributed by atoms with Gasteiger partial charge in [-0.2, -0.15) is 5.26 Å². The Morgan fingerprint density at radius 1 is 0.944 bits per heavy atom. The van der Waals surface area contributed by atoms with Gasteiger partial charge in [-0.05, 0) is 80.3 Å². The molecule has 2 heterocycles. The molecular weight excluding hydrogens is 448 g/mol. The number of aromatic nitrogens is 2. The van der Waals surface area contributed by atoms with E-state index in [0.29, 0.717) is 29.6 Å². The van der Waals surface area contributed by atoms with E-state index in [1.54, 1.807) is 7.11 Å². The fraction of sp³-hybridized carbons (Fsp3) is 0.414. The predicted octanol–water partition coefficient (Wildman–Crippen LogP) is 5.01. The molecule has 2 aromatic carbocycles. The van der Waals surface area contributed by atoms with Gasteiger partial charge in [0, 0.05) is 48.7 Å². The molecule has 2 N–H and O–H groups in total. The van der Waals surface area contributed by atoms with Gasteiger partial charge in [0.05, 0.1) is 24.4 Å². The number of benzene rings is 2. The number of hydrogen-bond donors (Lipinski definition) is 2. The Morgan fingerprint density at radius 2 is 1.72 bits per heavy atom. The van der Waals surface area contributed by atoms with Gasteiger partial charge in [0.1, 0.15) is 5.75 Å². The first-order valence-corrected chi connectivity index (χ1v) is 13.0. The Morgan fingerprint density at radius 3 is 2.47 bits per heavy atom. The molecule has 0 bridgehead atoms. The van der Waals surface area contributed by atoms with Crippen LogP contribution in [0.3, 0.4) is 0 Å². The molecule has 1 saturated heterocycles. The Labute approximate surface area is 213 Å². The van der Waals surface area contributed by atoms with Crippen LogP contribution in [0.4, 0.5) is 11.6 Å². The number of rotatable bonds is 7. The fourth-order valence-corrected chi connectivity index (χ4v) is 5.42. The molecule has 0 radical (unpaired) electrons. The SMILES string of the molecule is COc1ccc(-c2ccnc(N[C@@H]3CCCC[C@H]3N[C@H]3CCCN(c4ccc(C#N)cc4)C3)n2)cc1. The van der Waals surface area contributed by atoms with E-state index in [9.17, 15) is 0 Å². The first-order chi connectivity index (χ1) is 17.7. The summed E-state index contributed by atoms with van der Waals surface area (Å²) in [6.45, 7) is 2.04. The van der Waals surface area contributed by atoms with Crippen molar-refractivity contribution in [2.24, 2.45) is 0 Å². The zero-order valence-corrected chi connectivity index (χ0v) is 20.9. The van der Waals surface area contributed by atoms with E-state index in [1.807, 2.05) is 48.7 Å². The van der Waals surface area contributed by atoms with Crippen LogP contribution in [0.2, 0.25) is 0 Å². The first-order valence-electron chi connectivity index (χ1n) is 13.0. The zero-order chi connectivity index (χ0) is 24.7. The summed E-state index contributed by atoms with van der Waals surface area (Å²) in [5.41, 5.74) is 3.85. The minimum atomic E-state index is 0.301. The Bertz CT molecular complexity index is 1170. The van der Waals surface area contributed by atoms with Crippen molar-refractivity contribution < 1.29 is 4.74 Å². The fourth-order valence-electron chi connectivity index (χ4n) is 5.42. The van der Waals surface area contributed by atoms with Crippen molar-refractivity contribution in [3.63, 3.8) is 0 Å². The van der Waals surface area contributed by atoms with Crippen molar-refractivity contribution in [2.45, 2.75) is 56.7 Å². The quantitative estimate of drug-likeness (QED) is 0.490. The Kier molecular flexibility index (Phi) is 7.63. The summed E-state index contributed by atoms with van der Waals surface area (Å²) in [4.78, 5) is 11.8. The number of nitriles is 1. The van der Waals surface area contributed by atoms with E-state index in [0.717, 1.165) is 49.4 Å². The molecule has 7 heteroatoms. The lowest BCUT2D eigenvalue weighted by atomic mass is 9.89. The number of methoxy groups -OCH3 is 1. The summed E-state index contributed by atoms with van der Waals surface area (Å²) in [5.74, 6) is 1.52. The van der Waals surface area contributed by atoms with Crippen LogP contribution in [0.1, 0.15) is 44.1 Å². The van der Waals surface area contributed by atoms with Gasteiger partial charge < -0.3 is 20.3 Å². The van der Waals surface area contributed by atoms with Gasteiger partial charge in [-0.15, -0.1) is 0 Å². The van der Waals surface area contributed by atoms with Gasteiger partial charge in [-0.3, -0.25) is 0 Å². The Hall–Kier alpha value is -3.63. The monoisotopic (exact) mass is 482 g/mol. The molecule has 2 aliphatic rings. The molecule has 7 nitrogen and oxygen atoms in total. The van der Waals surface area contributed by atoms with Gasteiger partial charge in [0.2, 0.25) is 5.95 Å². The standard InChI is InChI=1S/C29H34N6O/c1-36-25-14-10-22(11-15-25)26-16-17-31-29(33-26)34-28-7-3-2-6-27(28)32-23-5-4-18-35(20-23)24-12-8-21(19-30)9-13-24/h8-17,23,27-28,32H,2-7,18,20H2,1H3,(H,31,33,34)/t23-,27+,28+/m0/s1. The summed E-state index contributed by atoms with van der Waals surface area (Å²) in [5, 5.41) is 16.7. The van der Waals surface area contributed by atoms with Gasteiger partial charge in [-0.1, -0.05) is 12.8 Å². The van der Waals surface area contributed by atoms with E-state index in [4.69, 9.17) is 15.0 Å². The first kappa shape index (κ1) is 24.1. The second-order valence-corrected chi connectivity index (χ2v) is 9.75. The van der Waals surface area contributed by atoms with Crippen LogP contribution in [0, 0.1) is 11.3 Å². The lowest BCUT2D eigenvalue weighted by molar-refractivity contribution is 0.293. The summed E-state index contributed by atoms with van der Waals surface area (Å²) in [6, 6.07) is 21.2. The van der Waals surface area contributed by atoms with Crippen LogP contribution in [0.25, 0.3) is 11.3 Å². The smallest absolute Gasteiger partial charge is 0.223 e. The molecule has 1 aromatic heterocycles. The number of piperidine rings is 1. The molecular formula is C29H34N6O. The highest BCUT2D eigenvalue weighted by Crippen LogP contribution is 2.26. The lowest BCUT2D eigenvalue weighted by Crippen LogP contribution is -2.55. The average Bonchev–Trinajstić information content (AvgIpc) is 2.94. The van der Waals surface area contributed by atoms with Crippen molar-refractivity contribution in [3.8, 4) is 23.1 Å². The van der Waals surface area contributed by atoms with Gasteiger partial charge >= 0.3 is 0 Å². The van der Waals surface area contributed by atoms with E-state index in [2.05, 4.69) is 38.7 Å².